The first-order valence-corrected chi connectivity index (χ1v) is 9.99. The highest BCUT2D eigenvalue weighted by Gasteiger charge is 2.39. The minimum Gasteiger partial charge on any atom is -0.317 e. The third kappa shape index (κ3) is 3.66. The molecule has 90 valence electrons. The van der Waals surface area contributed by atoms with E-state index in [0.717, 1.165) is 0 Å². The molecule has 0 atom stereocenters. The van der Waals surface area contributed by atoms with Gasteiger partial charge < -0.3 is 9.05 Å². The van der Waals surface area contributed by atoms with Gasteiger partial charge in [-0.3, -0.25) is 0 Å². The van der Waals surface area contributed by atoms with Crippen LogP contribution in [0.25, 0.3) is 0 Å². The molecule has 0 aromatic carbocycles. The highest BCUT2D eigenvalue weighted by Crippen LogP contribution is 2.61. The number of hydrogen-bond donors (Lipinski definition) is 0. The van der Waals surface area contributed by atoms with Crippen molar-refractivity contribution in [3.63, 3.8) is 0 Å². The minimum absolute atomic E-state index is 0.0714. The molecule has 0 aromatic heterocycles. The summed E-state index contributed by atoms with van der Waals surface area (Å²) < 4.78 is 13.5. The van der Waals surface area contributed by atoms with Gasteiger partial charge in [0.15, 0.2) is 0 Å². The van der Waals surface area contributed by atoms with Gasteiger partial charge >= 0.3 is 0 Å². The standard InChI is InChI=1S/C8H17BrNO2PS2/c1-7(2)10(15-9)13(14)11-5-8(3,4)6-12-13/h7H,5-6H2,1-4H3. The molecule has 7 heteroatoms. The van der Waals surface area contributed by atoms with Crippen LogP contribution in [-0.2, 0) is 20.9 Å². The lowest BCUT2D eigenvalue weighted by Crippen LogP contribution is -2.34. The third-order valence-corrected chi connectivity index (χ3v) is 8.38. The molecule has 0 radical (unpaired) electrons. The third-order valence-electron chi connectivity index (χ3n) is 1.99. The molecule has 0 N–H and O–H groups in total. The maximum absolute atomic E-state index is 5.77. The predicted molar refractivity (Wildman–Crippen MR) is 73.5 cm³/mol. The molecule has 0 aromatic rings. The first kappa shape index (κ1) is 14.4. The molecule has 1 aliphatic heterocycles. The molecule has 1 saturated heterocycles. The van der Waals surface area contributed by atoms with Crippen LogP contribution in [0.5, 0.6) is 0 Å². The van der Waals surface area contributed by atoms with Gasteiger partial charge in [-0.1, -0.05) is 13.8 Å². The summed E-state index contributed by atoms with van der Waals surface area (Å²) in [4.78, 5) is 0. The topological polar surface area (TPSA) is 21.7 Å². The molecule has 0 spiro atoms. The van der Waals surface area contributed by atoms with Crippen molar-refractivity contribution in [2.45, 2.75) is 33.7 Å². The Bertz CT molecular complexity index is 261. The second kappa shape index (κ2) is 5.34. The van der Waals surface area contributed by atoms with Gasteiger partial charge in [-0.25, -0.2) is 0 Å². The van der Waals surface area contributed by atoms with E-state index in [0.29, 0.717) is 19.3 Å². The molecule has 0 saturated carbocycles. The second-order valence-electron chi connectivity index (χ2n) is 4.64. The summed E-state index contributed by atoms with van der Waals surface area (Å²) in [5.74, 6) is 0. The van der Waals surface area contributed by atoms with Gasteiger partial charge in [0.1, 0.15) is 0 Å². The van der Waals surface area contributed by atoms with Crippen LogP contribution in [0, 0.1) is 5.41 Å². The largest absolute Gasteiger partial charge is 0.317 e. The minimum atomic E-state index is -2.28. The average molecular weight is 334 g/mol. The van der Waals surface area contributed by atoms with Crippen molar-refractivity contribution in [1.29, 1.82) is 0 Å². The molecule has 1 aliphatic rings. The first-order chi connectivity index (χ1) is 6.81. The summed E-state index contributed by atoms with van der Waals surface area (Å²) >= 11 is 8.85. The van der Waals surface area contributed by atoms with Gasteiger partial charge in [0.2, 0.25) is 0 Å². The zero-order valence-electron chi connectivity index (χ0n) is 9.40. The van der Waals surface area contributed by atoms with Crippen molar-refractivity contribution in [2.75, 3.05) is 13.2 Å². The van der Waals surface area contributed by atoms with Gasteiger partial charge in [0.25, 0.3) is 6.64 Å². The monoisotopic (exact) mass is 333 g/mol. The van der Waals surface area contributed by atoms with Crippen LogP contribution in [0.2, 0.25) is 0 Å². The fraction of sp³-hybridized carbons (Fsp3) is 1.00. The Morgan fingerprint density at radius 1 is 1.40 bits per heavy atom. The van der Waals surface area contributed by atoms with E-state index in [4.69, 9.17) is 20.9 Å². The maximum Gasteiger partial charge on any atom is 0.274 e. The summed E-state index contributed by atoms with van der Waals surface area (Å²) in [5.41, 5.74) is 0.0714. The Kier molecular flexibility index (Phi) is 5.13. The Morgan fingerprint density at radius 3 is 2.20 bits per heavy atom. The number of halogens is 1. The average Bonchev–Trinajstić information content (AvgIpc) is 2.12. The van der Waals surface area contributed by atoms with E-state index in [9.17, 15) is 0 Å². The quantitative estimate of drug-likeness (QED) is 0.574. The van der Waals surface area contributed by atoms with E-state index in [2.05, 4.69) is 42.5 Å². The lowest BCUT2D eigenvalue weighted by molar-refractivity contribution is 0.0491. The summed E-state index contributed by atoms with van der Waals surface area (Å²) in [6, 6.07) is 0.293. The van der Waals surface area contributed by atoms with Gasteiger partial charge in [0, 0.05) is 36.7 Å². The van der Waals surface area contributed by atoms with Crippen LogP contribution in [0.3, 0.4) is 0 Å². The van der Waals surface area contributed by atoms with E-state index < -0.39 is 6.64 Å². The van der Waals surface area contributed by atoms with E-state index in [1.807, 2.05) is 4.08 Å². The van der Waals surface area contributed by atoms with Crippen LogP contribution in [-0.4, -0.2) is 23.3 Å². The van der Waals surface area contributed by atoms with E-state index in [1.54, 1.807) is 0 Å². The Balaban J connectivity index is 2.73. The molecule has 0 amide bonds. The predicted octanol–water partition coefficient (Wildman–Crippen LogP) is 3.95. The Hall–Kier alpha value is 1.36. The molecule has 1 fully saturated rings. The maximum atomic E-state index is 5.77. The SMILES string of the molecule is CC(C)N(SBr)P1(=S)OCC(C)(C)CO1. The number of nitrogens with zero attached hydrogens (tertiary/aromatic N) is 1. The van der Waals surface area contributed by atoms with Gasteiger partial charge in [-0.2, -0.15) is 4.08 Å². The van der Waals surface area contributed by atoms with Crippen molar-refractivity contribution < 1.29 is 9.05 Å². The first-order valence-electron chi connectivity index (χ1n) is 4.78. The lowest BCUT2D eigenvalue weighted by atomic mass is 9.97. The van der Waals surface area contributed by atoms with E-state index in [-0.39, 0.29) is 5.41 Å². The zero-order chi connectivity index (χ0) is 11.7. The van der Waals surface area contributed by atoms with Crippen molar-refractivity contribution in [3.05, 3.63) is 0 Å². The number of hydrogen-bond acceptors (Lipinski definition) is 4. The van der Waals surface area contributed by atoms with Crippen molar-refractivity contribution in [1.82, 2.24) is 4.08 Å². The van der Waals surface area contributed by atoms with Gasteiger partial charge in [-0.15, -0.1) is 0 Å². The van der Waals surface area contributed by atoms with Crippen LogP contribution in [0.1, 0.15) is 27.7 Å². The highest BCUT2D eigenvalue weighted by molar-refractivity contribution is 9.50. The lowest BCUT2D eigenvalue weighted by Gasteiger charge is -2.41. The summed E-state index contributed by atoms with van der Waals surface area (Å²) in [7, 11) is 1.42. The molecule has 1 heterocycles. The van der Waals surface area contributed by atoms with E-state index >= 15 is 0 Å². The van der Waals surface area contributed by atoms with E-state index in [1.165, 1.54) is 10.4 Å². The highest BCUT2D eigenvalue weighted by atomic mass is 79.9. The van der Waals surface area contributed by atoms with Crippen LogP contribution in [0.15, 0.2) is 0 Å². The van der Waals surface area contributed by atoms with Crippen molar-refractivity contribution >= 4 is 43.6 Å². The number of rotatable bonds is 3. The van der Waals surface area contributed by atoms with Crippen molar-refractivity contribution in [3.8, 4) is 0 Å². The van der Waals surface area contributed by atoms with Crippen molar-refractivity contribution in [2.24, 2.45) is 5.41 Å². The fourth-order valence-electron chi connectivity index (χ4n) is 1.11. The molecular formula is C8H17BrNO2PS2. The molecule has 1 rings (SSSR count). The molecule has 0 unspecified atom stereocenters. The smallest absolute Gasteiger partial charge is 0.274 e. The molecule has 15 heavy (non-hydrogen) atoms. The zero-order valence-corrected chi connectivity index (χ0v) is 13.5. The molecular weight excluding hydrogens is 317 g/mol. The normalized spacial score (nSPS) is 24.7. The van der Waals surface area contributed by atoms with Crippen LogP contribution in [0.4, 0.5) is 0 Å². The van der Waals surface area contributed by atoms with Gasteiger partial charge in [-0.05, 0) is 25.7 Å². The van der Waals surface area contributed by atoms with Gasteiger partial charge in [0.05, 0.1) is 13.2 Å². The summed E-state index contributed by atoms with van der Waals surface area (Å²) in [6.45, 7) is 7.45. The Morgan fingerprint density at radius 2 is 1.87 bits per heavy atom. The van der Waals surface area contributed by atoms with Crippen LogP contribution >= 0.6 is 31.8 Å². The summed E-state index contributed by atoms with van der Waals surface area (Å²) in [6.07, 6.45) is 0. The molecule has 3 nitrogen and oxygen atoms in total. The molecule has 0 bridgehead atoms. The second-order valence-corrected chi connectivity index (χ2v) is 9.58. The summed E-state index contributed by atoms with van der Waals surface area (Å²) in [5, 5.41) is 0. The fourth-order valence-corrected chi connectivity index (χ4v) is 8.23. The molecule has 0 aliphatic carbocycles. The van der Waals surface area contributed by atoms with Crippen LogP contribution < -0.4 is 0 Å². The Labute approximate surface area is 109 Å².